The Labute approximate surface area is 222 Å². The van der Waals surface area contributed by atoms with Gasteiger partial charge in [0, 0.05) is 35.3 Å². The molecule has 4 aromatic heterocycles. The maximum atomic E-state index is 5.53. The van der Waals surface area contributed by atoms with Gasteiger partial charge < -0.3 is 14.2 Å². The van der Waals surface area contributed by atoms with Gasteiger partial charge in [-0.1, -0.05) is 0 Å². The number of hydrogen-bond acceptors (Lipinski definition) is 12. The molecule has 0 aromatic carbocycles. The largest absolute Gasteiger partial charge is 0.474 e. The Bertz CT molecular complexity index is 1410. The zero-order valence-electron chi connectivity index (χ0n) is 20.7. The zero-order valence-corrected chi connectivity index (χ0v) is 20.7. The lowest BCUT2D eigenvalue weighted by atomic mass is 10.2. The summed E-state index contributed by atoms with van der Waals surface area (Å²) >= 11 is 0. The molecule has 0 radical (unpaired) electrons. The molecule has 0 amide bonds. The third-order valence-corrected chi connectivity index (χ3v) is 6.11. The third-order valence-electron chi connectivity index (χ3n) is 6.11. The summed E-state index contributed by atoms with van der Waals surface area (Å²) in [5.74, 6) is 3.02. The topological polar surface area (TPSA) is 142 Å². The number of pyridine rings is 3. The summed E-state index contributed by atoms with van der Waals surface area (Å²) in [6, 6.07) is 11.2. The van der Waals surface area contributed by atoms with E-state index in [9.17, 15) is 0 Å². The van der Waals surface area contributed by atoms with Crippen LogP contribution in [0, 0.1) is 0 Å². The van der Waals surface area contributed by atoms with Crippen molar-refractivity contribution in [1.82, 2.24) is 29.9 Å². The van der Waals surface area contributed by atoms with E-state index < -0.39 is 0 Å². The van der Waals surface area contributed by atoms with Crippen molar-refractivity contribution in [2.24, 2.45) is 15.0 Å². The minimum Gasteiger partial charge on any atom is -0.474 e. The SMILES string of the molecule is c1cc(C2=NCCO2)ncc1-c1nc(-c2ccc(C3=NCCO3)nc2)nc(-c2ccc(C3=NCCO3)nc2)n1. The van der Waals surface area contributed by atoms with Gasteiger partial charge in [0.05, 0.1) is 19.6 Å². The zero-order chi connectivity index (χ0) is 26.0. The van der Waals surface area contributed by atoms with Crippen LogP contribution < -0.4 is 0 Å². The Balaban J connectivity index is 1.27. The predicted octanol–water partition coefficient (Wildman–Crippen LogP) is 2.39. The van der Waals surface area contributed by atoms with Crippen molar-refractivity contribution in [1.29, 1.82) is 0 Å². The maximum absolute atomic E-state index is 5.53. The van der Waals surface area contributed by atoms with E-state index in [0.29, 0.717) is 91.7 Å². The fourth-order valence-electron chi connectivity index (χ4n) is 4.19. The summed E-state index contributed by atoms with van der Waals surface area (Å²) in [5, 5.41) is 0. The molecule has 12 nitrogen and oxygen atoms in total. The highest BCUT2D eigenvalue weighted by molar-refractivity contribution is 5.94. The molecule has 12 heteroatoms. The number of rotatable bonds is 6. The van der Waals surface area contributed by atoms with Crippen LogP contribution in [0.2, 0.25) is 0 Å². The lowest BCUT2D eigenvalue weighted by Crippen LogP contribution is -2.06. The molecule has 0 bridgehead atoms. The van der Waals surface area contributed by atoms with Crippen LogP contribution in [-0.2, 0) is 14.2 Å². The van der Waals surface area contributed by atoms with E-state index in [1.54, 1.807) is 18.6 Å². The van der Waals surface area contributed by atoms with Crippen LogP contribution in [0.3, 0.4) is 0 Å². The molecule has 192 valence electrons. The summed E-state index contributed by atoms with van der Waals surface area (Å²) in [7, 11) is 0. The third kappa shape index (κ3) is 4.67. The average molecular weight is 520 g/mol. The van der Waals surface area contributed by atoms with Gasteiger partial charge in [-0.05, 0) is 36.4 Å². The van der Waals surface area contributed by atoms with Gasteiger partial charge in [0.1, 0.15) is 36.9 Å². The molecule has 0 aliphatic carbocycles. The quantitative estimate of drug-likeness (QED) is 0.375. The minimum absolute atomic E-state index is 0.462. The first-order chi connectivity index (χ1) is 19.3. The molecule has 7 rings (SSSR count). The fraction of sp³-hybridized carbons (Fsp3) is 0.222. The van der Waals surface area contributed by atoms with Crippen molar-refractivity contribution >= 4 is 17.7 Å². The van der Waals surface area contributed by atoms with E-state index in [2.05, 4.69) is 29.9 Å². The number of hydrogen-bond donors (Lipinski definition) is 0. The maximum Gasteiger partial charge on any atom is 0.235 e. The summed E-state index contributed by atoms with van der Waals surface area (Å²) in [6.07, 6.45) is 5.11. The molecule has 39 heavy (non-hydrogen) atoms. The second-order valence-electron chi connectivity index (χ2n) is 8.71. The molecule has 0 unspecified atom stereocenters. The van der Waals surface area contributed by atoms with Gasteiger partial charge in [-0.2, -0.15) is 0 Å². The monoisotopic (exact) mass is 519 g/mol. The summed E-state index contributed by atoms with van der Waals surface area (Å²) in [6.45, 7) is 3.61. The molecule has 0 fully saturated rings. The molecule has 3 aliphatic rings. The lowest BCUT2D eigenvalue weighted by molar-refractivity contribution is 0.347. The van der Waals surface area contributed by atoms with Crippen molar-refractivity contribution < 1.29 is 14.2 Å². The minimum atomic E-state index is 0.462. The van der Waals surface area contributed by atoms with Crippen LogP contribution >= 0.6 is 0 Å². The first-order valence-electron chi connectivity index (χ1n) is 12.5. The van der Waals surface area contributed by atoms with Gasteiger partial charge in [0.15, 0.2) is 17.5 Å². The predicted molar refractivity (Wildman–Crippen MR) is 142 cm³/mol. The smallest absolute Gasteiger partial charge is 0.235 e. The van der Waals surface area contributed by atoms with Crippen LogP contribution in [0.4, 0.5) is 0 Å². The van der Waals surface area contributed by atoms with E-state index in [-0.39, 0.29) is 0 Å². The number of nitrogens with zero attached hydrogens (tertiary/aromatic N) is 9. The molecule has 0 saturated heterocycles. The van der Waals surface area contributed by atoms with Gasteiger partial charge in [0.2, 0.25) is 17.7 Å². The highest BCUT2D eigenvalue weighted by Gasteiger charge is 2.18. The molecule has 4 aromatic rings. The first kappa shape index (κ1) is 23.0. The summed E-state index contributed by atoms with van der Waals surface area (Å²) in [5.41, 5.74) is 4.16. The Morgan fingerprint density at radius 3 is 1.00 bits per heavy atom. The molecule has 0 atom stereocenters. The highest BCUT2D eigenvalue weighted by Crippen LogP contribution is 2.25. The second kappa shape index (κ2) is 9.97. The van der Waals surface area contributed by atoms with E-state index in [0.717, 1.165) is 16.7 Å². The molecule has 3 aliphatic heterocycles. The van der Waals surface area contributed by atoms with Crippen LogP contribution in [0.25, 0.3) is 34.2 Å². The lowest BCUT2D eigenvalue weighted by Gasteiger charge is -2.09. The standard InChI is InChI=1S/C27H21N9O3/c1-4-19(25-28-7-10-37-25)31-13-16(1)22-34-23(17-2-5-20(32-14-17)26-29-8-11-38-26)36-24(35-22)18-3-6-21(33-15-18)27-30-9-12-39-27/h1-6,13-15H,7-12H2. The normalized spacial score (nSPS) is 16.2. The van der Waals surface area contributed by atoms with Crippen molar-refractivity contribution in [3.05, 3.63) is 72.1 Å². The van der Waals surface area contributed by atoms with E-state index in [1.807, 2.05) is 36.4 Å². The molecular weight excluding hydrogens is 498 g/mol. The van der Waals surface area contributed by atoms with Crippen LogP contribution in [-0.4, -0.2) is 87.1 Å². The number of aliphatic imine (C=N–C) groups is 3. The van der Waals surface area contributed by atoms with E-state index >= 15 is 0 Å². The van der Waals surface area contributed by atoms with Gasteiger partial charge in [-0.15, -0.1) is 0 Å². The summed E-state index contributed by atoms with van der Waals surface area (Å²) < 4.78 is 16.6. The van der Waals surface area contributed by atoms with Crippen LogP contribution in [0.5, 0.6) is 0 Å². The molecule has 0 N–H and O–H groups in total. The summed E-state index contributed by atoms with van der Waals surface area (Å²) in [4.78, 5) is 40.8. The average Bonchev–Trinajstić information content (AvgIpc) is 3.82. The molecular formula is C27H21N9O3. The Kier molecular flexibility index (Phi) is 5.88. The van der Waals surface area contributed by atoms with Gasteiger partial charge >= 0.3 is 0 Å². The Morgan fingerprint density at radius 2 is 0.769 bits per heavy atom. The van der Waals surface area contributed by atoms with Gasteiger partial charge in [0.25, 0.3) is 0 Å². The van der Waals surface area contributed by atoms with Crippen molar-refractivity contribution in [2.45, 2.75) is 0 Å². The molecule has 7 heterocycles. The van der Waals surface area contributed by atoms with Crippen molar-refractivity contribution in [2.75, 3.05) is 39.5 Å². The first-order valence-corrected chi connectivity index (χ1v) is 12.5. The van der Waals surface area contributed by atoms with Crippen molar-refractivity contribution in [3.8, 4) is 34.2 Å². The Hall–Kier alpha value is -5.13. The van der Waals surface area contributed by atoms with Crippen LogP contribution in [0.15, 0.2) is 70.0 Å². The van der Waals surface area contributed by atoms with Crippen LogP contribution in [0.1, 0.15) is 17.1 Å². The van der Waals surface area contributed by atoms with E-state index in [4.69, 9.17) is 29.2 Å². The van der Waals surface area contributed by atoms with Gasteiger partial charge in [-0.3, -0.25) is 15.0 Å². The molecule has 0 spiro atoms. The fourth-order valence-corrected chi connectivity index (χ4v) is 4.19. The Morgan fingerprint density at radius 1 is 0.436 bits per heavy atom. The van der Waals surface area contributed by atoms with Crippen molar-refractivity contribution in [3.63, 3.8) is 0 Å². The number of aromatic nitrogens is 6. The highest BCUT2D eigenvalue weighted by atomic mass is 16.5. The van der Waals surface area contributed by atoms with Gasteiger partial charge in [-0.25, -0.2) is 29.9 Å². The second-order valence-corrected chi connectivity index (χ2v) is 8.71. The molecule has 0 saturated carbocycles. The van der Waals surface area contributed by atoms with E-state index in [1.165, 1.54) is 0 Å². The number of ether oxygens (including phenoxy) is 3.